The summed E-state index contributed by atoms with van der Waals surface area (Å²) in [4.78, 5) is 12.4. The quantitative estimate of drug-likeness (QED) is 0.941. The lowest BCUT2D eigenvalue weighted by Gasteiger charge is -2.18. The van der Waals surface area contributed by atoms with E-state index in [0.717, 1.165) is 36.3 Å². The first kappa shape index (κ1) is 13.5. The fraction of sp³-hybridized carbons (Fsp3) is 0.438. The van der Waals surface area contributed by atoms with E-state index in [1.807, 2.05) is 35.9 Å². The van der Waals surface area contributed by atoms with Gasteiger partial charge in [0.1, 0.15) is 6.33 Å². The zero-order valence-corrected chi connectivity index (χ0v) is 12.4. The summed E-state index contributed by atoms with van der Waals surface area (Å²) < 4.78 is 7.61. The molecule has 2 bridgehead atoms. The van der Waals surface area contributed by atoms with Crippen molar-refractivity contribution in [1.82, 2.24) is 14.8 Å². The Morgan fingerprint density at radius 2 is 2.14 bits per heavy atom. The molecule has 2 fully saturated rings. The fourth-order valence-electron chi connectivity index (χ4n) is 3.40. The van der Waals surface area contributed by atoms with Crippen molar-refractivity contribution in [2.75, 3.05) is 5.32 Å². The summed E-state index contributed by atoms with van der Waals surface area (Å²) >= 11 is 0. The largest absolute Gasteiger partial charge is 0.374 e. The zero-order chi connectivity index (χ0) is 15.1. The molecule has 1 aromatic carbocycles. The molecule has 3 atom stereocenters. The van der Waals surface area contributed by atoms with Gasteiger partial charge in [-0.15, -0.1) is 10.2 Å². The minimum absolute atomic E-state index is 0.00262. The van der Waals surface area contributed by atoms with Crippen LogP contribution in [0.5, 0.6) is 0 Å². The molecule has 6 heteroatoms. The number of ether oxygens (including phenoxy) is 1. The number of hydrogen-bond acceptors (Lipinski definition) is 4. The Bertz CT molecular complexity index is 694. The minimum atomic E-state index is -0.00262. The van der Waals surface area contributed by atoms with Gasteiger partial charge >= 0.3 is 0 Å². The second kappa shape index (κ2) is 5.21. The first-order chi connectivity index (χ1) is 10.7. The van der Waals surface area contributed by atoms with Gasteiger partial charge in [0.2, 0.25) is 5.91 Å². The number of aromatic nitrogens is 3. The molecule has 0 spiro atoms. The molecule has 1 amide bonds. The lowest BCUT2D eigenvalue weighted by molar-refractivity contribution is -0.121. The van der Waals surface area contributed by atoms with Gasteiger partial charge < -0.3 is 14.6 Å². The molecule has 114 valence electrons. The molecule has 1 aromatic heterocycles. The van der Waals surface area contributed by atoms with Crippen LogP contribution in [0, 0.1) is 5.92 Å². The maximum absolute atomic E-state index is 12.4. The van der Waals surface area contributed by atoms with Gasteiger partial charge in [0.05, 0.1) is 18.1 Å². The van der Waals surface area contributed by atoms with Crippen LogP contribution in [0.3, 0.4) is 0 Å². The van der Waals surface area contributed by atoms with Gasteiger partial charge in [0, 0.05) is 18.3 Å². The van der Waals surface area contributed by atoms with Crippen molar-refractivity contribution >= 4 is 11.6 Å². The van der Waals surface area contributed by atoms with E-state index in [1.54, 1.807) is 6.33 Å². The SMILES string of the molecule is Cn1cnnc1-c1ccc(NC(=O)[C@@H]2C[C@H]3CC[C@@H]2O3)cc1. The maximum Gasteiger partial charge on any atom is 0.230 e. The van der Waals surface area contributed by atoms with Crippen molar-refractivity contribution in [1.29, 1.82) is 0 Å². The smallest absolute Gasteiger partial charge is 0.230 e. The van der Waals surface area contributed by atoms with Crippen LogP contribution in [-0.4, -0.2) is 32.9 Å². The summed E-state index contributed by atoms with van der Waals surface area (Å²) in [5.41, 5.74) is 1.78. The molecular formula is C16H18N4O2. The van der Waals surface area contributed by atoms with E-state index in [-0.39, 0.29) is 17.9 Å². The predicted molar refractivity (Wildman–Crippen MR) is 81.1 cm³/mol. The molecule has 0 saturated carbocycles. The second-order valence-electron chi connectivity index (χ2n) is 6.05. The van der Waals surface area contributed by atoms with E-state index >= 15 is 0 Å². The number of carbonyl (C=O) groups is 1. The fourth-order valence-corrected chi connectivity index (χ4v) is 3.40. The Morgan fingerprint density at radius 3 is 2.73 bits per heavy atom. The van der Waals surface area contributed by atoms with Crippen LogP contribution in [0.4, 0.5) is 5.69 Å². The van der Waals surface area contributed by atoms with Crippen molar-refractivity contribution < 1.29 is 9.53 Å². The first-order valence-electron chi connectivity index (χ1n) is 7.61. The Kier molecular flexibility index (Phi) is 3.18. The number of carbonyl (C=O) groups excluding carboxylic acids is 1. The lowest BCUT2D eigenvalue weighted by Crippen LogP contribution is -2.30. The van der Waals surface area contributed by atoms with Gasteiger partial charge in [-0.25, -0.2) is 0 Å². The van der Waals surface area contributed by atoms with Crippen molar-refractivity contribution in [3.05, 3.63) is 30.6 Å². The molecule has 2 aliphatic rings. The van der Waals surface area contributed by atoms with Gasteiger partial charge in [0.25, 0.3) is 0 Å². The number of nitrogens with one attached hydrogen (secondary N) is 1. The lowest BCUT2D eigenvalue weighted by atomic mass is 9.88. The summed E-state index contributed by atoms with van der Waals surface area (Å²) in [7, 11) is 1.90. The Labute approximate surface area is 128 Å². The van der Waals surface area contributed by atoms with Crippen LogP contribution in [0.25, 0.3) is 11.4 Å². The van der Waals surface area contributed by atoms with Crippen LogP contribution in [0.15, 0.2) is 30.6 Å². The maximum atomic E-state index is 12.4. The van der Waals surface area contributed by atoms with Crippen molar-refractivity contribution in [2.45, 2.75) is 31.5 Å². The monoisotopic (exact) mass is 298 g/mol. The van der Waals surface area contributed by atoms with Gasteiger partial charge in [-0.1, -0.05) is 0 Å². The van der Waals surface area contributed by atoms with Crippen LogP contribution in [-0.2, 0) is 16.6 Å². The molecule has 3 heterocycles. The van der Waals surface area contributed by atoms with E-state index in [1.165, 1.54) is 0 Å². The van der Waals surface area contributed by atoms with Crippen molar-refractivity contribution in [3.8, 4) is 11.4 Å². The third-order valence-electron chi connectivity index (χ3n) is 4.56. The minimum Gasteiger partial charge on any atom is -0.374 e. The predicted octanol–water partition coefficient (Wildman–Crippen LogP) is 1.99. The van der Waals surface area contributed by atoms with Gasteiger partial charge in [0.15, 0.2) is 5.82 Å². The summed E-state index contributed by atoms with van der Waals surface area (Å²) in [5.74, 6) is 0.871. The molecule has 0 aliphatic carbocycles. The van der Waals surface area contributed by atoms with Gasteiger partial charge in [-0.2, -0.15) is 0 Å². The number of rotatable bonds is 3. The first-order valence-corrected chi connectivity index (χ1v) is 7.61. The summed E-state index contributed by atoms with van der Waals surface area (Å²) in [6.45, 7) is 0. The van der Waals surface area contributed by atoms with E-state index in [4.69, 9.17) is 4.74 Å². The van der Waals surface area contributed by atoms with Crippen molar-refractivity contribution in [3.63, 3.8) is 0 Å². The molecule has 2 aliphatic heterocycles. The van der Waals surface area contributed by atoms with Crippen LogP contribution in [0.1, 0.15) is 19.3 Å². The highest BCUT2D eigenvalue weighted by Gasteiger charge is 2.44. The molecule has 0 radical (unpaired) electrons. The average Bonchev–Trinajstić information content (AvgIpc) is 3.24. The molecule has 1 N–H and O–H groups in total. The number of benzene rings is 1. The molecule has 2 aromatic rings. The highest BCUT2D eigenvalue weighted by Crippen LogP contribution is 2.39. The number of fused-ring (bicyclic) bond motifs is 2. The Hall–Kier alpha value is -2.21. The number of hydrogen-bond donors (Lipinski definition) is 1. The van der Waals surface area contributed by atoms with Gasteiger partial charge in [-0.05, 0) is 43.5 Å². The standard InChI is InChI=1S/C16H18N4O2/c1-20-9-17-19-15(20)10-2-4-11(5-3-10)18-16(21)13-8-12-6-7-14(13)22-12/h2-5,9,12-14H,6-8H2,1H3,(H,18,21)/t12-,13-,14+/m1/s1. The molecule has 22 heavy (non-hydrogen) atoms. The molecule has 6 nitrogen and oxygen atoms in total. The van der Waals surface area contributed by atoms with Crippen molar-refractivity contribution in [2.24, 2.45) is 13.0 Å². The van der Waals surface area contributed by atoms with E-state index in [9.17, 15) is 4.79 Å². The highest BCUT2D eigenvalue weighted by atomic mass is 16.5. The normalized spacial score (nSPS) is 26.3. The highest BCUT2D eigenvalue weighted by molar-refractivity contribution is 5.93. The zero-order valence-electron chi connectivity index (χ0n) is 12.4. The topological polar surface area (TPSA) is 69.0 Å². The van der Waals surface area contributed by atoms with Crippen LogP contribution >= 0.6 is 0 Å². The Balaban J connectivity index is 1.45. The summed E-state index contributed by atoms with van der Waals surface area (Å²) in [5, 5.41) is 10.9. The molecule has 0 unspecified atom stereocenters. The number of amides is 1. The Morgan fingerprint density at radius 1 is 1.32 bits per heavy atom. The number of aryl methyl sites for hydroxylation is 1. The third kappa shape index (κ3) is 2.29. The second-order valence-corrected chi connectivity index (χ2v) is 6.05. The van der Waals surface area contributed by atoms with Crippen LogP contribution < -0.4 is 5.32 Å². The van der Waals surface area contributed by atoms with E-state index in [2.05, 4.69) is 15.5 Å². The van der Waals surface area contributed by atoms with Crippen LogP contribution in [0.2, 0.25) is 0 Å². The summed E-state index contributed by atoms with van der Waals surface area (Å²) in [6, 6.07) is 7.68. The third-order valence-corrected chi connectivity index (χ3v) is 4.56. The molecular weight excluding hydrogens is 280 g/mol. The summed E-state index contributed by atoms with van der Waals surface area (Å²) in [6.07, 6.45) is 5.03. The van der Waals surface area contributed by atoms with E-state index in [0.29, 0.717) is 6.10 Å². The van der Waals surface area contributed by atoms with Gasteiger partial charge in [-0.3, -0.25) is 4.79 Å². The van der Waals surface area contributed by atoms with E-state index < -0.39 is 0 Å². The number of nitrogens with zero attached hydrogens (tertiary/aromatic N) is 3. The average molecular weight is 298 g/mol. The molecule has 4 rings (SSSR count). The molecule has 2 saturated heterocycles. The number of anilines is 1.